The van der Waals surface area contributed by atoms with Crippen LogP contribution in [-0.4, -0.2) is 37.8 Å². The van der Waals surface area contributed by atoms with Crippen LogP contribution in [0, 0.1) is 5.92 Å². The number of nitrogens with zero attached hydrogens (tertiary/aromatic N) is 1. The van der Waals surface area contributed by atoms with Crippen LogP contribution in [0.15, 0.2) is 54.1 Å². The zero-order valence-corrected chi connectivity index (χ0v) is 16.9. The Bertz CT molecular complexity index is 755. The molecule has 2 aromatic rings. The normalized spacial score (nSPS) is 15.6. The maximum absolute atomic E-state index is 11.9. The molecule has 0 aliphatic heterocycles. The lowest BCUT2D eigenvalue weighted by Crippen LogP contribution is -2.40. The molecule has 2 rings (SSSR count). The quantitative estimate of drug-likeness (QED) is 0.753. The number of benzene rings is 2. The molecule has 2 atom stereocenters. The first kappa shape index (κ1) is 20.5. The van der Waals surface area contributed by atoms with Crippen molar-refractivity contribution in [1.82, 2.24) is 4.90 Å². The van der Waals surface area contributed by atoms with Crippen LogP contribution in [0.5, 0.6) is 5.75 Å². The molecule has 2 aromatic carbocycles. The molecule has 0 aliphatic carbocycles. The van der Waals surface area contributed by atoms with Gasteiger partial charge in [0.05, 0.1) is 7.11 Å². The zero-order valence-electron chi connectivity index (χ0n) is 16.2. The van der Waals surface area contributed by atoms with Gasteiger partial charge in [-0.1, -0.05) is 54.9 Å². The van der Waals surface area contributed by atoms with Crippen molar-refractivity contribution in [2.75, 3.05) is 27.7 Å². The van der Waals surface area contributed by atoms with Gasteiger partial charge in [-0.15, -0.1) is 0 Å². The van der Waals surface area contributed by atoms with Crippen molar-refractivity contribution in [3.8, 4) is 5.75 Å². The molecule has 4 heteroatoms. The average Bonchev–Trinajstić information content (AvgIpc) is 2.62. The lowest BCUT2D eigenvalue weighted by Gasteiger charge is -2.38. The summed E-state index contributed by atoms with van der Waals surface area (Å²) in [6.07, 6.45) is 2.01. The standard InChI is InChI=1S/C22H28ClNO2/c1-16(14-18-10-12-19(23)13-11-18)22(25,17(2)15-24(3)4)20-8-6-7-9-21(20)26-5/h6-14,17,25H,15H2,1-5H3/b16-14+. The molecule has 0 saturated carbocycles. The predicted molar refractivity (Wildman–Crippen MR) is 110 cm³/mol. The number of methoxy groups -OCH3 is 1. The van der Waals surface area contributed by atoms with Crippen LogP contribution in [0.1, 0.15) is 25.0 Å². The second-order valence-corrected chi connectivity index (χ2v) is 7.45. The minimum Gasteiger partial charge on any atom is -0.496 e. The van der Waals surface area contributed by atoms with E-state index in [-0.39, 0.29) is 5.92 Å². The van der Waals surface area contributed by atoms with E-state index in [4.69, 9.17) is 16.3 Å². The first-order valence-electron chi connectivity index (χ1n) is 8.74. The van der Waals surface area contributed by atoms with Gasteiger partial charge in [-0.2, -0.15) is 0 Å². The lowest BCUT2D eigenvalue weighted by atomic mass is 9.76. The van der Waals surface area contributed by atoms with E-state index >= 15 is 0 Å². The Kier molecular flexibility index (Phi) is 6.87. The van der Waals surface area contributed by atoms with Gasteiger partial charge in [0.1, 0.15) is 11.4 Å². The molecule has 0 radical (unpaired) electrons. The van der Waals surface area contributed by atoms with Crippen LogP contribution in [0.2, 0.25) is 5.02 Å². The summed E-state index contributed by atoms with van der Waals surface area (Å²) in [5, 5.41) is 12.6. The highest BCUT2D eigenvalue weighted by Crippen LogP contribution is 2.42. The van der Waals surface area contributed by atoms with Gasteiger partial charge in [-0.25, -0.2) is 0 Å². The molecule has 1 N–H and O–H groups in total. The van der Waals surface area contributed by atoms with Gasteiger partial charge in [0.2, 0.25) is 0 Å². The van der Waals surface area contributed by atoms with Gasteiger partial charge < -0.3 is 14.7 Å². The molecule has 0 saturated heterocycles. The molecule has 0 spiro atoms. The van der Waals surface area contributed by atoms with Crippen molar-refractivity contribution >= 4 is 17.7 Å². The second kappa shape index (κ2) is 8.72. The Morgan fingerprint density at radius 2 is 1.81 bits per heavy atom. The average molecular weight is 374 g/mol. The SMILES string of the molecule is COc1ccccc1C(O)(/C(C)=C/c1ccc(Cl)cc1)C(C)CN(C)C. The fourth-order valence-corrected chi connectivity index (χ4v) is 3.55. The van der Waals surface area contributed by atoms with E-state index in [2.05, 4.69) is 11.8 Å². The second-order valence-electron chi connectivity index (χ2n) is 7.01. The molecule has 0 bridgehead atoms. The van der Waals surface area contributed by atoms with Crippen molar-refractivity contribution in [2.45, 2.75) is 19.4 Å². The first-order valence-corrected chi connectivity index (χ1v) is 9.11. The van der Waals surface area contributed by atoms with Gasteiger partial charge in [0.15, 0.2) is 0 Å². The number of hydrogen-bond donors (Lipinski definition) is 1. The molecule has 0 amide bonds. The maximum Gasteiger partial charge on any atom is 0.125 e. The highest BCUT2D eigenvalue weighted by Gasteiger charge is 2.39. The molecule has 0 aliphatic rings. The predicted octanol–water partition coefficient (Wildman–Crippen LogP) is 4.84. The number of ether oxygens (including phenoxy) is 1. The molecule has 26 heavy (non-hydrogen) atoms. The van der Waals surface area contributed by atoms with Crippen molar-refractivity contribution in [2.24, 2.45) is 5.92 Å². The van der Waals surface area contributed by atoms with Crippen LogP contribution < -0.4 is 4.74 Å². The minimum absolute atomic E-state index is 0.0441. The fourth-order valence-electron chi connectivity index (χ4n) is 3.42. The Morgan fingerprint density at radius 1 is 1.19 bits per heavy atom. The summed E-state index contributed by atoms with van der Waals surface area (Å²) in [6.45, 7) is 4.76. The summed E-state index contributed by atoms with van der Waals surface area (Å²) in [5.41, 5.74) is 1.48. The maximum atomic E-state index is 11.9. The van der Waals surface area contributed by atoms with E-state index in [9.17, 15) is 5.11 Å². The van der Waals surface area contributed by atoms with Gasteiger partial charge in [0, 0.05) is 23.0 Å². The lowest BCUT2D eigenvalue weighted by molar-refractivity contribution is 0.00856. The number of halogens is 1. The van der Waals surface area contributed by atoms with Crippen LogP contribution in [-0.2, 0) is 5.60 Å². The van der Waals surface area contributed by atoms with E-state index in [1.54, 1.807) is 7.11 Å². The minimum atomic E-state index is -1.16. The summed E-state index contributed by atoms with van der Waals surface area (Å²) in [6, 6.07) is 15.3. The number of para-hydroxylation sites is 1. The van der Waals surface area contributed by atoms with Crippen LogP contribution >= 0.6 is 11.6 Å². The molecular formula is C22H28ClNO2. The first-order chi connectivity index (χ1) is 12.3. The zero-order chi connectivity index (χ0) is 19.3. The van der Waals surface area contributed by atoms with Crippen LogP contribution in [0.4, 0.5) is 0 Å². The summed E-state index contributed by atoms with van der Waals surface area (Å²) in [5.74, 6) is 0.641. The van der Waals surface area contributed by atoms with Gasteiger partial charge in [-0.3, -0.25) is 0 Å². The molecule has 0 heterocycles. The molecule has 0 fully saturated rings. The Labute approximate surface area is 161 Å². The third-order valence-electron chi connectivity index (χ3n) is 4.72. The van der Waals surface area contributed by atoms with E-state index < -0.39 is 5.60 Å². The summed E-state index contributed by atoms with van der Waals surface area (Å²) < 4.78 is 5.54. The van der Waals surface area contributed by atoms with E-state index in [1.807, 2.05) is 75.6 Å². The third-order valence-corrected chi connectivity index (χ3v) is 4.98. The number of aliphatic hydroxyl groups is 1. The molecular weight excluding hydrogens is 346 g/mol. The topological polar surface area (TPSA) is 32.7 Å². The summed E-state index contributed by atoms with van der Waals surface area (Å²) >= 11 is 5.99. The van der Waals surface area contributed by atoms with Gasteiger partial charge >= 0.3 is 0 Å². The van der Waals surface area contributed by atoms with Crippen molar-refractivity contribution in [3.05, 3.63) is 70.3 Å². The molecule has 2 unspecified atom stereocenters. The van der Waals surface area contributed by atoms with Crippen molar-refractivity contribution in [1.29, 1.82) is 0 Å². The van der Waals surface area contributed by atoms with Crippen LogP contribution in [0.25, 0.3) is 6.08 Å². The fraction of sp³-hybridized carbons (Fsp3) is 0.364. The van der Waals surface area contributed by atoms with Gasteiger partial charge in [0.25, 0.3) is 0 Å². The summed E-state index contributed by atoms with van der Waals surface area (Å²) in [7, 11) is 5.66. The Balaban J connectivity index is 2.57. The van der Waals surface area contributed by atoms with E-state index in [0.29, 0.717) is 10.8 Å². The monoisotopic (exact) mass is 373 g/mol. The van der Waals surface area contributed by atoms with Crippen molar-refractivity contribution in [3.63, 3.8) is 0 Å². The van der Waals surface area contributed by atoms with Crippen molar-refractivity contribution < 1.29 is 9.84 Å². The largest absolute Gasteiger partial charge is 0.496 e. The Hall–Kier alpha value is -1.81. The Morgan fingerprint density at radius 3 is 2.38 bits per heavy atom. The van der Waals surface area contributed by atoms with Gasteiger partial charge in [-0.05, 0) is 50.4 Å². The summed E-state index contributed by atoms with van der Waals surface area (Å²) in [4.78, 5) is 2.08. The molecule has 140 valence electrons. The highest BCUT2D eigenvalue weighted by molar-refractivity contribution is 6.30. The molecule has 0 aromatic heterocycles. The number of hydrogen-bond acceptors (Lipinski definition) is 3. The number of rotatable bonds is 7. The van der Waals surface area contributed by atoms with Crippen LogP contribution in [0.3, 0.4) is 0 Å². The highest BCUT2D eigenvalue weighted by atomic mass is 35.5. The smallest absolute Gasteiger partial charge is 0.125 e. The molecule has 3 nitrogen and oxygen atoms in total. The van der Waals surface area contributed by atoms with E-state index in [0.717, 1.165) is 23.2 Å². The van der Waals surface area contributed by atoms with E-state index in [1.165, 1.54) is 0 Å². The third kappa shape index (κ3) is 4.47.